The van der Waals surface area contributed by atoms with Gasteiger partial charge in [-0.05, 0) is 68.4 Å². The molecule has 19 heavy (non-hydrogen) atoms. The predicted molar refractivity (Wildman–Crippen MR) is 84.0 cm³/mol. The van der Waals surface area contributed by atoms with Crippen LogP contribution in [0.2, 0.25) is 0 Å². The Labute approximate surface area is 121 Å². The Balaban J connectivity index is 2.70. The van der Waals surface area contributed by atoms with Crippen LogP contribution in [0.25, 0.3) is 0 Å². The van der Waals surface area contributed by atoms with Gasteiger partial charge < -0.3 is 9.26 Å². The van der Waals surface area contributed by atoms with Gasteiger partial charge in [-0.15, -0.1) is 0 Å². The summed E-state index contributed by atoms with van der Waals surface area (Å²) in [4.78, 5) is 2.48. The summed E-state index contributed by atoms with van der Waals surface area (Å²) < 4.78 is 11.9. The maximum atomic E-state index is 6.36. The summed E-state index contributed by atoms with van der Waals surface area (Å²) in [7, 11) is 2.63. The first-order valence-corrected chi connectivity index (χ1v) is 8.22. The molecule has 1 unspecified atom stereocenters. The highest BCUT2D eigenvalue weighted by Crippen LogP contribution is 2.42. The first kappa shape index (κ1) is 17.4. The minimum atomic E-state index is -0.178. The van der Waals surface area contributed by atoms with Gasteiger partial charge in [-0.25, -0.2) is 0 Å². The van der Waals surface area contributed by atoms with E-state index in [4.69, 9.17) is 9.26 Å². The average molecular weight is 289 g/mol. The maximum Gasteiger partial charge on any atom is 0.104 e. The molecule has 0 aromatic heterocycles. The molecule has 0 bridgehead atoms. The summed E-state index contributed by atoms with van der Waals surface area (Å²) in [6.45, 7) is 16.3. The highest BCUT2D eigenvalue weighted by molar-refractivity contribution is 7.34. The first-order valence-electron chi connectivity index (χ1n) is 7.31. The molecule has 0 amide bonds. The molecular weight excluding hydrogens is 257 g/mol. The zero-order valence-corrected chi connectivity index (χ0v) is 15.0. The minimum absolute atomic E-state index is 0.178. The lowest BCUT2D eigenvalue weighted by molar-refractivity contribution is -0.118. The van der Waals surface area contributed by atoms with Crippen LogP contribution < -0.4 is 0 Å². The largest absolute Gasteiger partial charge is 0.366 e. The van der Waals surface area contributed by atoms with Crippen molar-refractivity contribution in [3.05, 3.63) is 0 Å². The average Bonchev–Trinajstić information content (AvgIpc) is 2.21. The second-order valence-electron chi connectivity index (χ2n) is 7.38. The van der Waals surface area contributed by atoms with Crippen molar-refractivity contribution in [1.82, 2.24) is 4.90 Å². The molecule has 0 radical (unpaired) electrons. The molecule has 1 aliphatic rings. The second-order valence-corrected chi connectivity index (χ2v) is 9.07. The standard InChI is InChI=1S/C15H32NO2P/c1-9-17-19-15(6,7)18-12-10-13(2,3)16(8)14(4,5)11-12/h12,19H,9-11H2,1-8H3. The van der Waals surface area contributed by atoms with Gasteiger partial charge in [0.15, 0.2) is 0 Å². The van der Waals surface area contributed by atoms with Crippen molar-refractivity contribution in [1.29, 1.82) is 0 Å². The van der Waals surface area contributed by atoms with Gasteiger partial charge in [0.05, 0.1) is 6.10 Å². The Kier molecular flexibility index (Phi) is 5.46. The zero-order valence-electron chi connectivity index (χ0n) is 14.0. The van der Waals surface area contributed by atoms with Crippen molar-refractivity contribution in [2.45, 2.75) is 83.8 Å². The Morgan fingerprint density at radius 1 is 1.16 bits per heavy atom. The molecular formula is C15H32NO2P. The van der Waals surface area contributed by atoms with E-state index in [-0.39, 0.29) is 16.4 Å². The summed E-state index contributed by atoms with van der Waals surface area (Å²) in [6, 6.07) is 0. The molecule has 114 valence electrons. The van der Waals surface area contributed by atoms with Gasteiger partial charge in [-0.3, -0.25) is 4.90 Å². The van der Waals surface area contributed by atoms with Crippen molar-refractivity contribution in [2.24, 2.45) is 0 Å². The third kappa shape index (κ3) is 4.67. The summed E-state index contributed by atoms with van der Waals surface area (Å²) in [6.07, 6.45) is 2.46. The molecule has 1 rings (SSSR count). The number of likely N-dealkylation sites (tertiary alicyclic amines) is 1. The first-order chi connectivity index (χ1) is 8.50. The van der Waals surface area contributed by atoms with Gasteiger partial charge in [0.2, 0.25) is 0 Å². The van der Waals surface area contributed by atoms with E-state index in [0.717, 1.165) is 19.4 Å². The van der Waals surface area contributed by atoms with E-state index in [1.807, 2.05) is 6.92 Å². The van der Waals surface area contributed by atoms with Crippen LogP contribution in [0.5, 0.6) is 0 Å². The van der Waals surface area contributed by atoms with Crippen molar-refractivity contribution in [3.8, 4) is 0 Å². The summed E-state index contributed by atoms with van der Waals surface area (Å²) >= 11 is 0. The fourth-order valence-corrected chi connectivity index (χ4v) is 3.76. The third-order valence-electron chi connectivity index (χ3n) is 4.19. The Hall–Kier alpha value is 0.310. The molecule has 1 heterocycles. The highest BCUT2D eigenvalue weighted by atomic mass is 31.1. The zero-order chi connectivity index (χ0) is 14.9. The molecule has 1 saturated heterocycles. The van der Waals surface area contributed by atoms with Crippen LogP contribution in [-0.2, 0) is 9.26 Å². The Morgan fingerprint density at radius 2 is 1.63 bits per heavy atom. The Bertz CT molecular complexity index is 285. The highest BCUT2D eigenvalue weighted by Gasteiger charge is 2.44. The van der Waals surface area contributed by atoms with E-state index in [9.17, 15) is 0 Å². The Morgan fingerprint density at radius 3 is 2.05 bits per heavy atom. The number of rotatable bonds is 5. The van der Waals surface area contributed by atoms with Gasteiger partial charge in [-0.2, -0.15) is 0 Å². The molecule has 1 atom stereocenters. The number of piperidine rings is 1. The maximum absolute atomic E-state index is 6.36. The van der Waals surface area contributed by atoms with Gasteiger partial charge in [-0.1, -0.05) is 0 Å². The van der Waals surface area contributed by atoms with Crippen LogP contribution >= 0.6 is 8.81 Å². The van der Waals surface area contributed by atoms with Crippen LogP contribution in [0.3, 0.4) is 0 Å². The molecule has 0 spiro atoms. The fourth-order valence-electron chi connectivity index (χ4n) is 3.05. The van der Waals surface area contributed by atoms with Crippen molar-refractivity contribution >= 4 is 8.81 Å². The topological polar surface area (TPSA) is 21.7 Å². The van der Waals surface area contributed by atoms with Gasteiger partial charge in [0, 0.05) is 26.5 Å². The van der Waals surface area contributed by atoms with E-state index >= 15 is 0 Å². The molecule has 1 aliphatic heterocycles. The lowest BCUT2D eigenvalue weighted by Gasteiger charge is -2.54. The van der Waals surface area contributed by atoms with E-state index in [0.29, 0.717) is 14.9 Å². The minimum Gasteiger partial charge on any atom is -0.366 e. The van der Waals surface area contributed by atoms with Crippen LogP contribution in [-0.4, -0.2) is 41.1 Å². The van der Waals surface area contributed by atoms with E-state index in [1.165, 1.54) is 0 Å². The normalized spacial score (nSPS) is 25.3. The molecule has 1 fully saturated rings. The molecule has 0 N–H and O–H groups in total. The smallest absolute Gasteiger partial charge is 0.104 e. The lowest BCUT2D eigenvalue weighted by Crippen LogP contribution is -2.60. The third-order valence-corrected chi connectivity index (χ3v) is 5.24. The summed E-state index contributed by atoms with van der Waals surface area (Å²) in [5.74, 6) is 0. The number of ether oxygens (including phenoxy) is 1. The van der Waals surface area contributed by atoms with Gasteiger partial charge >= 0.3 is 0 Å². The van der Waals surface area contributed by atoms with Crippen molar-refractivity contribution in [2.75, 3.05) is 13.7 Å². The molecule has 0 aromatic rings. The molecule has 0 aromatic carbocycles. The monoisotopic (exact) mass is 289 g/mol. The van der Waals surface area contributed by atoms with Crippen LogP contribution in [0.4, 0.5) is 0 Å². The van der Waals surface area contributed by atoms with Crippen LogP contribution in [0.15, 0.2) is 0 Å². The number of hydrogen-bond donors (Lipinski definition) is 0. The van der Waals surface area contributed by atoms with Gasteiger partial charge in [0.25, 0.3) is 0 Å². The molecule has 0 saturated carbocycles. The molecule has 3 nitrogen and oxygen atoms in total. The number of nitrogens with zero attached hydrogens (tertiary/aromatic N) is 1. The fraction of sp³-hybridized carbons (Fsp3) is 1.00. The van der Waals surface area contributed by atoms with Crippen molar-refractivity contribution in [3.63, 3.8) is 0 Å². The van der Waals surface area contributed by atoms with E-state index in [2.05, 4.69) is 53.5 Å². The quantitative estimate of drug-likeness (QED) is 0.714. The predicted octanol–water partition coefficient (Wildman–Crippen LogP) is 4.02. The lowest BCUT2D eigenvalue weighted by atomic mass is 9.78. The summed E-state index contributed by atoms with van der Waals surface area (Å²) in [5.41, 5.74) is 0.356. The molecule has 4 heteroatoms. The van der Waals surface area contributed by atoms with Crippen LogP contribution in [0.1, 0.15) is 61.3 Å². The van der Waals surface area contributed by atoms with E-state index in [1.54, 1.807) is 0 Å². The second kappa shape index (κ2) is 5.97. The van der Waals surface area contributed by atoms with E-state index < -0.39 is 0 Å². The summed E-state index contributed by atoms with van der Waals surface area (Å²) in [5, 5.41) is -0.178. The van der Waals surface area contributed by atoms with Crippen LogP contribution in [0, 0.1) is 0 Å². The molecule has 0 aliphatic carbocycles. The van der Waals surface area contributed by atoms with Gasteiger partial charge in [0.1, 0.15) is 5.34 Å². The number of hydrogen-bond acceptors (Lipinski definition) is 3. The SMILES string of the molecule is CCOPC(C)(C)OC1CC(C)(C)N(C)C(C)(C)C1. The van der Waals surface area contributed by atoms with Crippen molar-refractivity contribution < 1.29 is 9.26 Å².